The summed E-state index contributed by atoms with van der Waals surface area (Å²) < 4.78 is 23.7. The zero-order valence-corrected chi connectivity index (χ0v) is 15.2. The molecule has 1 saturated carbocycles. The summed E-state index contributed by atoms with van der Waals surface area (Å²) in [5, 5.41) is 2.98. The third kappa shape index (κ3) is 3.79. The second-order valence-electron chi connectivity index (χ2n) is 5.96. The number of halogens is 2. The highest BCUT2D eigenvalue weighted by atomic mass is 79.9. The van der Waals surface area contributed by atoms with Gasteiger partial charge in [0, 0.05) is 26.3 Å². The lowest BCUT2D eigenvalue weighted by Gasteiger charge is -2.26. The molecule has 0 radical (unpaired) electrons. The van der Waals surface area contributed by atoms with E-state index in [0.717, 1.165) is 12.8 Å². The molecule has 1 N–H and O–H groups in total. The standard InChI is InChI=1S/C14H17BrClNO3S/c1-8-11(6-10(15)7-12(8)21(16,19)20)13(18)17-14(2,3)9-4-5-9/h6-7,9H,4-5H2,1-3H3,(H,17,18). The minimum atomic E-state index is -3.90. The van der Waals surface area contributed by atoms with E-state index in [9.17, 15) is 13.2 Å². The summed E-state index contributed by atoms with van der Waals surface area (Å²) in [6, 6.07) is 3.01. The van der Waals surface area contributed by atoms with E-state index in [4.69, 9.17) is 10.7 Å². The molecule has 1 aromatic carbocycles. The van der Waals surface area contributed by atoms with Gasteiger partial charge >= 0.3 is 0 Å². The Morgan fingerprint density at radius 1 is 1.38 bits per heavy atom. The number of nitrogens with one attached hydrogen (secondary N) is 1. The third-order valence-electron chi connectivity index (χ3n) is 3.87. The van der Waals surface area contributed by atoms with Crippen LogP contribution in [0.3, 0.4) is 0 Å². The molecule has 4 nitrogen and oxygen atoms in total. The molecule has 1 amide bonds. The van der Waals surface area contributed by atoms with Crippen LogP contribution in [-0.2, 0) is 9.05 Å². The Morgan fingerprint density at radius 2 is 1.95 bits per heavy atom. The number of hydrogen-bond donors (Lipinski definition) is 1. The van der Waals surface area contributed by atoms with Crippen molar-refractivity contribution in [1.82, 2.24) is 5.32 Å². The fourth-order valence-corrected chi connectivity index (χ4v) is 4.24. The van der Waals surface area contributed by atoms with Gasteiger partial charge in [0.05, 0.1) is 4.90 Å². The van der Waals surface area contributed by atoms with Crippen molar-refractivity contribution in [3.05, 3.63) is 27.7 Å². The van der Waals surface area contributed by atoms with Crippen molar-refractivity contribution in [2.24, 2.45) is 5.92 Å². The predicted octanol–water partition coefficient (Wildman–Crippen LogP) is 3.60. The van der Waals surface area contributed by atoms with Gasteiger partial charge in [-0.05, 0) is 57.2 Å². The predicted molar refractivity (Wildman–Crippen MR) is 86.2 cm³/mol. The van der Waals surface area contributed by atoms with Crippen molar-refractivity contribution in [3.63, 3.8) is 0 Å². The van der Waals surface area contributed by atoms with Crippen LogP contribution in [0, 0.1) is 12.8 Å². The minimum absolute atomic E-state index is 0.0482. The number of hydrogen-bond acceptors (Lipinski definition) is 3. The molecule has 0 spiro atoms. The van der Waals surface area contributed by atoms with E-state index < -0.39 is 9.05 Å². The van der Waals surface area contributed by atoms with Crippen LogP contribution >= 0.6 is 26.6 Å². The molecular weight excluding hydrogens is 378 g/mol. The second-order valence-corrected chi connectivity index (χ2v) is 9.41. The molecule has 7 heteroatoms. The minimum Gasteiger partial charge on any atom is -0.347 e. The average molecular weight is 395 g/mol. The molecule has 0 bridgehead atoms. The van der Waals surface area contributed by atoms with Crippen LogP contribution in [0.25, 0.3) is 0 Å². The van der Waals surface area contributed by atoms with Gasteiger partial charge in [0.15, 0.2) is 0 Å². The summed E-state index contributed by atoms with van der Waals surface area (Å²) in [6.45, 7) is 5.55. The van der Waals surface area contributed by atoms with Gasteiger partial charge in [0.25, 0.3) is 15.0 Å². The summed E-state index contributed by atoms with van der Waals surface area (Å²) >= 11 is 3.23. The number of benzene rings is 1. The van der Waals surface area contributed by atoms with Crippen LogP contribution in [0.2, 0.25) is 0 Å². The topological polar surface area (TPSA) is 63.2 Å². The number of carbonyl (C=O) groups is 1. The lowest BCUT2D eigenvalue weighted by Crippen LogP contribution is -2.45. The van der Waals surface area contributed by atoms with Crippen molar-refractivity contribution in [1.29, 1.82) is 0 Å². The quantitative estimate of drug-likeness (QED) is 0.794. The zero-order chi connectivity index (χ0) is 16.0. The number of amides is 1. The van der Waals surface area contributed by atoms with Crippen LogP contribution in [0.5, 0.6) is 0 Å². The van der Waals surface area contributed by atoms with Gasteiger partial charge in [0.2, 0.25) is 0 Å². The lowest BCUT2D eigenvalue weighted by molar-refractivity contribution is 0.0902. The summed E-state index contributed by atoms with van der Waals surface area (Å²) in [5.41, 5.74) is 0.376. The van der Waals surface area contributed by atoms with Gasteiger partial charge < -0.3 is 5.32 Å². The van der Waals surface area contributed by atoms with Crippen LogP contribution in [-0.4, -0.2) is 19.9 Å². The van der Waals surface area contributed by atoms with Gasteiger partial charge in [-0.3, -0.25) is 4.79 Å². The maximum absolute atomic E-state index is 12.5. The van der Waals surface area contributed by atoms with Crippen LogP contribution in [0.1, 0.15) is 42.6 Å². The SMILES string of the molecule is Cc1c(C(=O)NC(C)(C)C2CC2)cc(Br)cc1S(=O)(=O)Cl. The highest BCUT2D eigenvalue weighted by Crippen LogP contribution is 2.39. The molecule has 1 aliphatic carbocycles. The van der Waals surface area contributed by atoms with E-state index in [1.807, 2.05) is 13.8 Å². The second kappa shape index (κ2) is 5.56. The molecule has 0 unspecified atom stereocenters. The first kappa shape index (κ1) is 16.8. The first-order valence-electron chi connectivity index (χ1n) is 6.59. The van der Waals surface area contributed by atoms with E-state index in [0.29, 0.717) is 21.5 Å². The monoisotopic (exact) mass is 393 g/mol. The molecule has 2 rings (SSSR count). The highest BCUT2D eigenvalue weighted by Gasteiger charge is 2.39. The summed E-state index contributed by atoms with van der Waals surface area (Å²) in [7, 11) is 1.53. The first-order valence-corrected chi connectivity index (χ1v) is 9.70. The van der Waals surface area contributed by atoms with Crippen molar-refractivity contribution < 1.29 is 13.2 Å². The highest BCUT2D eigenvalue weighted by molar-refractivity contribution is 9.10. The fraction of sp³-hybridized carbons (Fsp3) is 0.500. The number of rotatable bonds is 4. The molecule has 0 aliphatic heterocycles. The maximum atomic E-state index is 12.5. The van der Waals surface area contributed by atoms with Crippen molar-refractivity contribution >= 4 is 41.6 Å². The van der Waals surface area contributed by atoms with E-state index in [1.165, 1.54) is 6.07 Å². The van der Waals surface area contributed by atoms with Crippen LogP contribution in [0.15, 0.2) is 21.5 Å². The molecule has 21 heavy (non-hydrogen) atoms. The Labute approximate surface area is 137 Å². The van der Waals surface area contributed by atoms with E-state index in [2.05, 4.69) is 21.2 Å². The maximum Gasteiger partial charge on any atom is 0.261 e. The molecule has 1 fully saturated rings. The van der Waals surface area contributed by atoms with Crippen LogP contribution < -0.4 is 5.32 Å². The van der Waals surface area contributed by atoms with Crippen molar-refractivity contribution in [3.8, 4) is 0 Å². The molecule has 0 saturated heterocycles. The molecular formula is C14H17BrClNO3S. The molecule has 116 valence electrons. The van der Waals surface area contributed by atoms with E-state index in [-0.39, 0.29) is 16.3 Å². The summed E-state index contributed by atoms with van der Waals surface area (Å²) in [5.74, 6) is 0.192. The van der Waals surface area contributed by atoms with Crippen LogP contribution in [0.4, 0.5) is 0 Å². The molecule has 0 heterocycles. The van der Waals surface area contributed by atoms with Crippen molar-refractivity contribution in [2.45, 2.75) is 44.0 Å². The Balaban J connectivity index is 2.39. The first-order chi connectivity index (χ1) is 9.52. The van der Waals surface area contributed by atoms with Gasteiger partial charge in [-0.15, -0.1) is 0 Å². The molecule has 1 aliphatic rings. The summed E-state index contributed by atoms with van der Waals surface area (Å²) in [4.78, 5) is 12.4. The zero-order valence-electron chi connectivity index (χ0n) is 12.0. The average Bonchev–Trinajstić information content (AvgIpc) is 3.13. The Kier molecular flexibility index (Phi) is 4.44. The van der Waals surface area contributed by atoms with Gasteiger partial charge in [-0.2, -0.15) is 0 Å². The van der Waals surface area contributed by atoms with Gasteiger partial charge in [-0.25, -0.2) is 8.42 Å². The normalized spacial score (nSPS) is 15.9. The van der Waals surface area contributed by atoms with Gasteiger partial charge in [-0.1, -0.05) is 15.9 Å². The Morgan fingerprint density at radius 3 is 2.43 bits per heavy atom. The van der Waals surface area contributed by atoms with E-state index in [1.54, 1.807) is 13.0 Å². The molecule has 0 atom stereocenters. The van der Waals surface area contributed by atoms with Crippen molar-refractivity contribution in [2.75, 3.05) is 0 Å². The number of carbonyl (C=O) groups excluding carboxylic acids is 1. The van der Waals surface area contributed by atoms with E-state index >= 15 is 0 Å². The summed E-state index contributed by atoms with van der Waals surface area (Å²) in [6.07, 6.45) is 2.21. The third-order valence-corrected chi connectivity index (χ3v) is 5.77. The molecule has 0 aromatic heterocycles. The van der Waals surface area contributed by atoms with Gasteiger partial charge in [0.1, 0.15) is 0 Å². The lowest BCUT2D eigenvalue weighted by atomic mass is 9.97. The Bertz CT molecular complexity index is 696. The largest absolute Gasteiger partial charge is 0.347 e. The fourth-order valence-electron chi connectivity index (χ4n) is 2.41. The smallest absolute Gasteiger partial charge is 0.261 e. The molecule has 1 aromatic rings. The Hall–Kier alpha value is -0.590.